The molecule has 0 aliphatic carbocycles. The second-order valence-corrected chi connectivity index (χ2v) is 3.98. The van der Waals surface area contributed by atoms with Crippen LogP contribution in [0.1, 0.15) is 0 Å². The monoisotopic (exact) mass is 255 g/mol. The van der Waals surface area contributed by atoms with Gasteiger partial charge in [-0.15, -0.1) is 0 Å². The summed E-state index contributed by atoms with van der Waals surface area (Å²) in [7, 11) is 0. The normalized spacial score (nSPS) is 10.4. The lowest BCUT2D eigenvalue weighted by Crippen LogP contribution is -2.14. The standard InChI is InChI=1S/C10H7Cl2N3O/c11-5-1-2-6(7(12)3-5)8-4-14-9(13)10(16)15-8/h1-4H,(H2,13,14)(H,15,16). The van der Waals surface area contributed by atoms with Crippen LogP contribution in [0.3, 0.4) is 0 Å². The van der Waals surface area contributed by atoms with E-state index in [1.54, 1.807) is 18.2 Å². The molecule has 82 valence electrons. The number of hydrogen-bond donors (Lipinski definition) is 2. The fourth-order valence-electron chi connectivity index (χ4n) is 1.26. The SMILES string of the molecule is Nc1ncc(-c2ccc(Cl)cc2Cl)[nH]c1=O. The van der Waals surface area contributed by atoms with Crippen LogP contribution in [0.2, 0.25) is 10.0 Å². The summed E-state index contributed by atoms with van der Waals surface area (Å²) in [5.74, 6) is -0.0752. The van der Waals surface area contributed by atoms with Crippen molar-refractivity contribution in [1.29, 1.82) is 0 Å². The van der Waals surface area contributed by atoms with Crippen molar-refractivity contribution in [1.82, 2.24) is 9.97 Å². The van der Waals surface area contributed by atoms with Crippen molar-refractivity contribution in [2.45, 2.75) is 0 Å². The van der Waals surface area contributed by atoms with Gasteiger partial charge in [0, 0.05) is 10.6 Å². The first-order chi connectivity index (χ1) is 7.58. The molecular weight excluding hydrogens is 249 g/mol. The van der Waals surface area contributed by atoms with E-state index in [4.69, 9.17) is 28.9 Å². The second kappa shape index (κ2) is 4.15. The first-order valence-electron chi connectivity index (χ1n) is 4.38. The second-order valence-electron chi connectivity index (χ2n) is 3.14. The Balaban J connectivity index is 2.59. The quantitative estimate of drug-likeness (QED) is 0.822. The molecule has 0 unspecified atom stereocenters. The Bertz CT molecular complexity index is 595. The van der Waals surface area contributed by atoms with Crippen LogP contribution in [-0.2, 0) is 0 Å². The van der Waals surface area contributed by atoms with Crippen LogP contribution in [0.15, 0.2) is 29.2 Å². The topological polar surface area (TPSA) is 71.8 Å². The summed E-state index contributed by atoms with van der Waals surface area (Å²) < 4.78 is 0. The average molecular weight is 256 g/mol. The van der Waals surface area contributed by atoms with E-state index >= 15 is 0 Å². The van der Waals surface area contributed by atoms with Gasteiger partial charge in [-0.1, -0.05) is 23.2 Å². The van der Waals surface area contributed by atoms with Crippen molar-refractivity contribution in [3.63, 3.8) is 0 Å². The highest BCUT2D eigenvalue weighted by Gasteiger charge is 2.06. The molecule has 0 aliphatic rings. The summed E-state index contributed by atoms with van der Waals surface area (Å²) in [6.07, 6.45) is 1.45. The summed E-state index contributed by atoms with van der Waals surface area (Å²) in [4.78, 5) is 17.6. The number of aromatic nitrogens is 2. The molecule has 0 saturated carbocycles. The number of nitrogen functional groups attached to an aromatic ring is 1. The van der Waals surface area contributed by atoms with Crippen LogP contribution in [0.25, 0.3) is 11.3 Å². The maximum absolute atomic E-state index is 11.3. The van der Waals surface area contributed by atoms with E-state index in [9.17, 15) is 4.79 Å². The Kier molecular flexibility index (Phi) is 2.85. The van der Waals surface area contributed by atoms with Gasteiger partial charge in [0.05, 0.1) is 16.9 Å². The van der Waals surface area contributed by atoms with Gasteiger partial charge in [0.15, 0.2) is 5.82 Å². The van der Waals surface area contributed by atoms with Crippen molar-refractivity contribution < 1.29 is 0 Å². The molecule has 0 radical (unpaired) electrons. The molecule has 0 atom stereocenters. The molecule has 1 aromatic heterocycles. The van der Waals surface area contributed by atoms with E-state index in [1.807, 2.05) is 0 Å². The minimum Gasteiger partial charge on any atom is -0.379 e. The van der Waals surface area contributed by atoms with Gasteiger partial charge in [-0.2, -0.15) is 0 Å². The molecule has 3 N–H and O–H groups in total. The largest absolute Gasteiger partial charge is 0.379 e. The highest BCUT2D eigenvalue weighted by molar-refractivity contribution is 6.36. The molecule has 0 spiro atoms. The molecule has 0 saturated heterocycles. The van der Waals surface area contributed by atoms with Crippen LogP contribution in [0.5, 0.6) is 0 Å². The predicted octanol–water partition coefficient (Wildman–Crippen LogP) is 2.33. The lowest BCUT2D eigenvalue weighted by Gasteiger charge is -2.04. The number of aromatic amines is 1. The van der Waals surface area contributed by atoms with Crippen molar-refractivity contribution in [3.05, 3.63) is 44.8 Å². The molecule has 0 amide bonds. The molecular formula is C10H7Cl2N3O. The first kappa shape index (κ1) is 11.0. The minimum absolute atomic E-state index is 0.0752. The molecule has 0 bridgehead atoms. The van der Waals surface area contributed by atoms with Gasteiger partial charge >= 0.3 is 0 Å². The lowest BCUT2D eigenvalue weighted by molar-refractivity contribution is 1.16. The molecule has 6 heteroatoms. The Hall–Kier alpha value is -1.52. The van der Waals surface area contributed by atoms with Crippen molar-refractivity contribution >= 4 is 29.0 Å². The number of hydrogen-bond acceptors (Lipinski definition) is 3. The number of nitrogens with two attached hydrogens (primary N) is 1. The van der Waals surface area contributed by atoms with Gasteiger partial charge in [-0.25, -0.2) is 4.98 Å². The van der Waals surface area contributed by atoms with Gasteiger partial charge in [0.2, 0.25) is 0 Å². The molecule has 2 rings (SSSR count). The van der Waals surface area contributed by atoms with Crippen LogP contribution >= 0.6 is 23.2 Å². The predicted molar refractivity (Wildman–Crippen MR) is 64.7 cm³/mol. The van der Waals surface area contributed by atoms with E-state index in [-0.39, 0.29) is 5.82 Å². The fourth-order valence-corrected chi connectivity index (χ4v) is 1.77. The van der Waals surface area contributed by atoms with Crippen LogP contribution in [-0.4, -0.2) is 9.97 Å². The summed E-state index contributed by atoms with van der Waals surface area (Å²) in [6, 6.07) is 4.97. The number of halogens is 2. The average Bonchev–Trinajstić information content (AvgIpc) is 2.22. The third kappa shape index (κ3) is 2.03. The van der Waals surface area contributed by atoms with Crippen molar-refractivity contribution in [2.24, 2.45) is 0 Å². The number of H-pyrrole nitrogens is 1. The fraction of sp³-hybridized carbons (Fsp3) is 0. The van der Waals surface area contributed by atoms with Crippen LogP contribution in [0.4, 0.5) is 5.82 Å². The van der Waals surface area contributed by atoms with Crippen LogP contribution < -0.4 is 11.3 Å². The molecule has 0 fully saturated rings. The van der Waals surface area contributed by atoms with Crippen molar-refractivity contribution in [3.8, 4) is 11.3 Å². The molecule has 16 heavy (non-hydrogen) atoms. The van der Waals surface area contributed by atoms with Gasteiger partial charge in [0.25, 0.3) is 5.56 Å². The maximum Gasteiger partial charge on any atom is 0.290 e. The Labute approximate surface area is 101 Å². The Morgan fingerprint density at radius 2 is 2.06 bits per heavy atom. The lowest BCUT2D eigenvalue weighted by atomic mass is 10.1. The van der Waals surface area contributed by atoms with Gasteiger partial charge in [-0.3, -0.25) is 4.79 Å². The third-order valence-electron chi connectivity index (χ3n) is 2.03. The summed E-state index contributed by atoms with van der Waals surface area (Å²) in [5.41, 5.74) is 6.03. The summed E-state index contributed by atoms with van der Waals surface area (Å²) in [6.45, 7) is 0. The molecule has 1 aromatic carbocycles. The summed E-state index contributed by atoms with van der Waals surface area (Å²) >= 11 is 11.8. The number of nitrogens with one attached hydrogen (secondary N) is 1. The number of anilines is 1. The van der Waals surface area contributed by atoms with Gasteiger partial charge in [0.1, 0.15) is 0 Å². The first-order valence-corrected chi connectivity index (χ1v) is 5.14. The van der Waals surface area contributed by atoms with Crippen LogP contribution in [0, 0.1) is 0 Å². The molecule has 2 aromatic rings. The van der Waals surface area contributed by atoms with E-state index in [0.717, 1.165) is 0 Å². The zero-order valence-electron chi connectivity index (χ0n) is 8.00. The third-order valence-corrected chi connectivity index (χ3v) is 2.58. The molecule has 0 aliphatic heterocycles. The Morgan fingerprint density at radius 1 is 1.31 bits per heavy atom. The number of nitrogens with zero attached hydrogens (tertiary/aromatic N) is 1. The zero-order chi connectivity index (χ0) is 11.7. The van der Waals surface area contributed by atoms with E-state index in [2.05, 4.69) is 9.97 Å². The Morgan fingerprint density at radius 3 is 2.69 bits per heavy atom. The molecule has 4 nitrogen and oxygen atoms in total. The van der Waals surface area contributed by atoms with E-state index in [0.29, 0.717) is 21.3 Å². The highest BCUT2D eigenvalue weighted by Crippen LogP contribution is 2.28. The zero-order valence-corrected chi connectivity index (χ0v) is 9.51. The highest BCUT2D eigenvalue weighted by atomic mass is 35.5. The van der Waals surface area contributed by atoms with Crippen molar-refractivity contribution in [2.75, 3.05) is 5.73 Å². The number of rotatable bonds is 1. The minimum atomic E-state index is -0.441. The van der Waals surface area contributed by atoms with Gasteiger partial charge < -0.3 is 10.7 Å². The van der Waals surface area contributed by atoms with E-state index < -0.39 is 5.56 Å². The smallest absolute Gasteiger partial charge is 0.290 e. The summed E-state index contributed by atoms with van der Waals surface area (Å²) in [5, 5.41) is 0.967. The van der Waals surface area contributed by atoms with Gasteiger partial charge in [-0.05, 0) is 18.2 Å². The number of benzene rings is 1. The van der Waals surface area contributed by atoms with E-state index in [1.165, 1.54) is 6.20 Å². The molecule has 1 heterocycles. The maximum atomic E-state index is 11.3.